The molecule has 0 aliphatic carbocycles. The number of hydrogen-bond donors (Lipinski definition) is 0. The fourth-order valence-corrected chi connectivity index (χ4v) is 4.93. The standard InChI is InChI=1S/C35H23F9O2/c1-45-12-2-3-19-4-6-20(7-5-19)21-8-10-25(27(36)13-21)22-9-11-26(28(37)14-22)23-15-29(38)33(30(39)16-23)35(43,44)46-24-17-31(40)34(42)32(41)18-24/h4-11,13-18H,2-3,12H2,1H3. The highest BCUT2D eigenvalue weighted by Gasteiger charge is 2.41. The average molecular weight is 647 g/mol. The summed E-state index contributed by atoms with van der Waals surface area (Å²) in [6.07, 6.45) is -3.11. The molecule has 5 aromatic carbocycles. The number of rotatable bonds is 10. The Balaban J connectivity index is 1.37. The lowest BCUT2D eigenvalue weighted by Crippen LogP contribution is -2.25. The highest BCUT2D eigenvalue weighted by molar-refractivity contribution is 5.74. The maximum absolute atomic E-state index is 15.2. The molecule has 2 nitrogen and oxygen atoms in total. The minimum absolute atomic E-state index is 0.0450. The molecule has 0 heterocycles. The number of ether oxygens (including phenoxy) is 2. The van der Waals surface area contributed by atoms with Gasteiger partial charge in [-0.1, -0.05) is 48.5 Å². The average Bonchev–Trinajstić information content (AvgIpc) is 2.99. The third-order valence-electron chi connectivity index (χ3n) is 7.20. The molecule has 0 unspecified atom stereocenters. The third-order valence-corrected chi connectivity index (χ3v) is 7.20. The van der Waals surface area contributed by atoms with Crippen molar-refractivity contribution in [2.75, 3.05) is 13.7 Å². The van der Waals surface area contributed by atoms with Crippen LogP contribution in [0.25, 0.3) is 33.4 Å². The van der Waals surface area contributed by atoms with E-state index in [1.165, 1.54) is 18.2 Å². The van der Waals surface area contributed by atoms with Gasteiger partial charge in [0, 0.05) is 37.0 Å². The van der Waals surface area contributed by atoms with Gasteiger partial charge in [0.05, 0.1) is 0 Å². The summed E-state index contributed by atoms with van der Waals surface area (Å²) in [5.41, 5.74) is -0.184. The molecule has 0 saturated heterocycles. The minimum atomic E-state index is -4.80. The molecule has 0 N–H and O–H groups in total. The van der Waals surface area contributed by atoms with Gasteiger partial charge in [0.15, 0.2) is 17.5 Å². The second kappa shape index (κ2) is 13.3. The van der Waals surface area contributed by atoms with E-state index in [4.69, 9.17) is 4.74 Å². The van der Waals surface area contributed by atoms with Gasteiger partial charge in [0.2, 0.25) is 0 Å². The van der Waals surface area contributed by atoms with Gasteiger partial charge in [-0.25, -0.2) is 30.7 Å². The molecule has 0 atom stereocenters. The molecular weight excluding hydrogens is 623 g/mol. The van der Waals surface area contributed by atoms with E-state index in [1.54, 1.807) is 13.2 Å². The van der Waals surface area contributed by atoms with Gasteiger partial charge in [-0.15, -0.1) is 0 Å². The van der Waals surface area contributed by atoms with Crippen LogP contribution in [0.1, 0.15) is 17.5 Å². The summed E-state index contributed by atoms with van der Waals surface area (Å²) in [5.74, 6) is -12.3. The van der Waals surface area contributed by atoms with Gasteiger partial charge in [-0.05, 0) is 64.9 Å². The Labute approximate surface area is 257 Å². The highest BCUT2D eigenvalue weighted by Crippen LogP contribution is 2.39. The van der Waals surface area contributed by atoms with Crippen LogP contribution in [-0.4, -0.2) is 13.7 Å². The summed E-state index contributed by atoms with van der Waals surface area (Å²) < 4.78 is 138. The Kier molecular flexibility index (Phi) is 9.43. The third kappa shape index (κ3) is 6.89. The predicted octanol–water partition coefficient (Wildman–Crippen LogP) is 10.4. The number of hydrogen-bond acceptors (Lipinski definition) is 2. The molecule has 5 rings (SSSR count). The zero-order valence-corrected chi connectivity index (χ0v) is 23.9. The molecule has 5 aromatic rings. The summed E-state index contributed by atoms with van der Waals surface area (Å²) in [6.45, 7) is 0.638. The lowest BCUT2D eigenvalue weighted by atomic mass is 9.96. The minimum Gasteiger partial charge on any atom is -0.429 e. The van der Waals surface area contributed by atoms with Crippen molar-refractivity contribution in [2.24, 2.45) is 0 Å². The molecule has 0 bridgehead atoms. The number of methoxy groups -OCH3 is 1. The topological polar surface area (TPSA) is 18.5 Å². The van der Waals surface area contributed by atoms with Crippen LogP contribution in [0.4, 0.5) is 39.5 Å². The number of aryl methyl sites for hydroxylation is 1. The van der Waals surface area contributed by atoms with Crippen molar-refractivity contribution < 1.29 is 49.0 Å². The van der Waals surface area contributed by atoms with Crippen molar-refractivity contribution >= 4 is 0 Å². The summed E-state index contributed by atoms with van der Waals surface area (Å²) in [5, 5.41) is 0. The molecule has 0 saturated carbocycles. The molecule has 238 valence electrons. The van der Waals surface area contributed by atoms with Gasteiger partial charge in [-0.3, -0.25) is 0 Å². The first-order valence-electron chi connectivity index (χ1n) is 13.8. The van der Waals surface area contributed by atoms with Crippen molar-refractivity contribution in [3.8, 4) is 39.1 Å². The maximum atomic E-state index is 15.2. The van der Waals surface area contributed by atoms with Crippen molar-refractivity contribution in [1.29, 1.82) is 0 Å². The summed E-state index contributed by atoms with van der Waals surface area (Å²) in [4.78, 5) is 0. The van der Waals surface area contributed by atoms with Gasteiger partial charge >= 0.3 is 6.11 Å². The molecular formula is C35H23F9O2. The molecule has 11 heteroatoms. The highest BCUT2D eigenvalue weighted by atomic mass is 19.3. The van der Waals surface area contributed by atoms with E-state index >= 15 is 8.78 Å². The monoisotopic (exact) mass is 646 g/mol. The van der Waals surface area contributed by atoms with Crippen molar-refractivity contribution in [2.45, 2.75) is 19.0 Å². The molecule has 0 fully saturated rings. The van der Waals surface area contributed by atoms with Crippen LogP contribution >= 0.6 is 0 Å². The molecule has 46 heavy (non-hydrogen) atoms. The van der Waals surface area contributed by atoms with Crippen LogP contribution in [-0.2, 0) is 17.3 Å². The molecule has 0 aliphatic rings. The van der Waals surface area contributed by atoms with E-state index < -0.39 is 63.7 Å². The molecule has 0 aliphatic heterocycles. The first kappa shape index (κ1) is 32.6. The lowest BCUT2D eigenvalue weighted by Gasteiger charge is -2.20. The zero-order valence-electron chi connectivity index (χ0n) is 23.9. The van der Waals surface area contributed by atoms with Crippen molar-refractivity contribution in [3.63, 3.8) is 0 Å². The van der Waals surface area contributed by atoms with E-state index in [0.29, 0.717) is 24.3 Å². The van der Waals surface area contributed by atoms with Crippen LogP contribution in [0.5, 0.6) is 5.75 Å². The quantitative estimate of drug-likeness (QED) is 0.0854. The largest absolute Gasteiger partial charge is 0.432 e. The first-order valence-corrected chi connectivity index (χ1v) is 13.8. The Morgan fingerprint density at radius 2 is 1.04 bits per heavy atom. The van der Waals surface area contributed by atoms with Crippen molar-refractivity contribution in [3.05, 3.63) is 137 Å². The van der Waals surface area contributed by atoms with E-state index in [-0.39, 0.29) is 28.8 Å². The molecule has 0 spiro atoms. The van der Waals surface area contributed by atoms with E-state index in [9.17, 15) is 30.7 Å². The van der Waals surface area contributed by atoms with E-state index in [2.05, 4.69) is 4.74 Å². The van der Waals surface area contributed by atoms with E-state index in [1.807, 2.05) is 24.3 Å². The van der Waals surface area contributed by atoms with Gasteiger partial charge in [0.1, 0.15) is 34.6 Å². The number of benzene rings is 5. The Morgan fingerprint density at radius 1 is 0.543 bits per heavy atom. The van der Waals surface area contributed by atoms with Crippen LogP contribution in [0, 0.1) is 40.7 Å². The van der Waals surface area contributed by atoms with Crippen LogP contribution < -0.4 is 4.74 Å². The Morgan fingerprint density at radius 3 is 1.61 bits per heavy atom. The second-order valence-corrected chi connectivity index (χ2v) is 10.3. The predicted molar refractivity (Wildman–Crippen MR) is 154 cm³/mol. The number of halogens is 9. The summed E-state index contributed by atoms with van der Waals surface area (Å²) in [7, 11) is 1.63. The van der Waals surface area contributed by atoms with Gasteiger partial charge in [0.25, 0.3) is 0 Å². The molecule has 0 radical (unpaired) electrons. The van der Waals surface area contributed by atoms with Gasteiger partial charge in [-0.2, -0.15) is 8.78 Å². The fourth-order valence-electron chi connectivity index (χ4n) is 4.93. The SMILES string of the molecule is COCCCc1ccc(-c2ccc(-c3ccc(-c4cc(F)c(C(F)(F)Oc5cc(F)c(F)c(F)c5)c(F)c4)c(F)c3)c(F)c2)cc1. The van der Waals surface area contributed by atoms with Crippen LogP contribution in [0.3, 0.4) is 0 Å². The Bertz CT molecular complexity index is 1840. The zero-order chi connectivity index (χ0) is 33.2. The lowest BCUT2D eigenvalue weighted by molar-refractivity contribution is -0.189. The molecule has 0 aromatic heterocycles. The molecule has 0 amide bonds. The first-order chi connectivity index (χ1) is 21.9. The van der Waals surface area contributed by atoms with Gasteiger partial charge < -0.3 is 9.47 Å². The van der Waals surface area contributed by atoms with Crippen LogP contribution in [0.2, 0.25) is 0 Å². The normalized spacial score (nSPS) is 11.6. The number of alkyl halides is 2. The second-order valence-electron chi connectivity index (χ2n) is 10.3. The smallest absolute Gasteiger partial charge is 0.429 e. The summed E-state index contributed by atoms with van der Waals surface area (Å²) >= 11 is 0. The van der Waals surface area contributed by atoms with E-state index in [0.717, 1.165) is 36.1 Å². The Hall–Kier alpha value is -4.77. The fraction of sp³-hybridized carbons (Fsp3) is 0.143. The summed E-state index contributed by atoms with van der Waals surface area (Å²) in [6, 6.07) is 16.3. The van der Waals surface area contributed by atoms with Crippen LogP contribution in [0.15, 0.2) is 84.9 Å². The maximum Gasteiger partial charge on any atom is 0.432 e. The van der Waals surface area contributed by atoms with Crippen molar-refractivity contribution in [1.82, 2.24) is 0 Å².